The summed E-state index contributed by atoms with van der Waals surface area (Å²) in [6.07, 6.45) is 2.00. The van der Waals surface area contributed by atoms with Gasteiger partial charge in [-0.1, -0.05) is 0 Å². The highest BCUT2D eigenvalue weighted by Crippen LogP contribution is 2.16. The lowest BCUT2D eigenvalue weighted by molar-refractivity contribution is -0.151. The largest absolute Gasteiger partial charge is 0.490 e. The molecule has 0 saturated heterocycles. The van der Waals surface area contributed by atoms with E-state index in [4.69, 9.17) is 14.2 Å². The molecule has 7 heteroatoms. The molecule has 0 spiro atoms. The van der Waals surface area contributed by atoms with Crippen LogP contribution < -0.4 is 10.1 Å². The number of thioether (sulfide) groups is 1. The van der Waals surface area contributed by atoms with Crippen molar-refractivity contribution in [2.45, 2.75) is 26.4 Å². The third-order valence-corrected chi connectivity index (χ3v) is 3.56. The fourth-order valence-corrected chi connectivity index (χ4v) is 2.23. The highest BCUT2D eigenvalue weighted by molar-refractivity contribution is 7.98. The Labute approximate surface area is 147 Å². The van der Waals surface area contributed by atoms with Crippen LogP contribution in [0, 0.1) is 0 Å². The Morgan fingerprint density at radius 3 is 2.50 bits per heavy atom. The van der Waals surface area contributed by atoms with Crippen LogP contribution in [0.4, 0.5) is 5.69 Å². The van der Waals surface area contributed by atoms with E-state index in [9.17, 15) is 9.59 Å². The molecule has 0 aliphatic rings. The van der Waals surface area contributed by atoms with Gasteiger partial charge in [-0.05, 0) is 37.4 Å². The summed E-state index contributed by atoms with van der Waals surface area (Å²) in [5.74, 6) is 1.05. The Bertz CT molecular complexity index is 506. The summed E-state index contributed by atoms with van der Waals surface area (Å²) in [7, 11) is 0. The molecule has 134 valence electrons. The van der Waals surface area contributed by atoms with Gasteiger partial charge in [-0.25, -0.2) is 0 Å². The van der Waals surface area contributed by atoms with Crippen molar-refractivity contribution in [3.05, 3.63) is 24.3 Å². The van der Waals surface area contributed by atoms with Crippen LogP contribution in [0.1, 0.15) is 20.3 Å². The number of carbonyl (C=O) groups is 2. The van der Waals surface area contributed by atoms with E-state index in [0.29, 0.717) is 25.4 Å². The maximum Gasteiger partial charge on any atom is 0.303 e. The summed E-state index contributed by atoms with van der Waals surface area (Å²) >= 11 is 1.63. The molecule has 0 aromatic heterocycles. The first-order chi connectivity index (χ1) is 11.5. The van der Waals surface area contributed by atoms with Crippen LogP contribution in [0.15, 0.2) is 24.3 Å². The van der Waals surface area contributed by atoms with Gasteiger partial charge < -0.3 is 19.5 Å². The van der Waals surface area contributed by atoms with Gasteiger partial charge in [-0.15, -0.1) is 0 Å². The molecule has 1 aromatic carbocycles. The average Bonchev–Trinajstić information content (AvgIpc) is 2.56. The van der Waals surface area contributed by atoms with Gasteiger partial charge in [-0.2, -0.15) is 11.8 Å². The van der Waals surface area contributed by atoms with Gasteiger partial charge in [0.15, 0.2) is 6.10 Å². The molecule has 1 aromatic rings. The molecule has 1 unspecified atom stereocenters. The summed E-state index contributed by atoms with van der Waals surface area (Å²) in [6.45, 7) is 4.27. The zero-order valence-corrected chi connectivity index (χ0v) is 15.2. The lowest BCUT2D eigenvalue weighted by Crippen LogP contribution is -2.29. The van der Waals surface area contributed by atoms with Crippen LogP contribution in [-0.2, 0) is 19.1 Å². The molecule has 0 aliphatic carbocycles. The van der Waals surface area contributed by atoms with Gasteiger partial charge in [0.2, 0.25) is 5.91 Å². The minimum Gasteiger partial charge on any atom is -0.490 e. The highest BCUT2D eigenvalue weighted by atomic mass is 32.2. The topological polar surface area (TPSA) is 73.9 Å². The van der Waals surface area contributed by atoms with Crippen LogP contribution in [0.3, 0.4) is 0 Å². The second-order valence-corrected chi connectivity index (χ2v) is 6.00. The van der Waals surface area contributed by atoms with Gasteiger partial charge in [0, 0.05) is 31.4 Å². The number of esters is 1. The van der Waals surface area contributed by atoms with Crippen molar-refractivity contribution in [2.75, 3.05) is 37.1 Å². The zero-order valence-electron chi connectivity index (χ0n) is 14.4. The van der Waals surface area contributed by atoms with Crippen LogP contribution in [0.2, 0.25) is 0 Å². The number of hydrogen-bond acceptors (Lipinski definition) is 6. The lowest BCUT2D eigenvalue weighted by Gasteiger charge is -2.17. The predicted molar refractivity (Wildman–Crippen MR) is 95.6 cm³/mol. The third kappa shape index (κ3) is 8.79. The molecule has 0 radical (unpaired) electrons. The fraction of sp³-hybridized carbons (Fsp3) is 0.529. The number of benzene rings is 1. The van der Waals surface area contributed by atoms with Gasteiger partial charge in [0.1, 0.15) is 12.4 Å². The van der Waals surface area contributed by atoms with Crippen molar-refractivity contribution in [3.63, 3.8) is 0 Å². The summed E-state index contributed by atoms with van der Waals surface area (Å²) in [5.41, 5.74) is 0.722. The summed E-state index contributed by atoms with van der Waals surface area (Å²) in [5, 5.41) is 2.83. The summed E-state index contributed by atoms with van der Waals surface area (Å²) in [6, 6.07) is 7.07. The van der Waals surface area contributed by atoms with Gasteiger partial charge in [0.05, 0.1) is 6.61 Å². The van der Waals surface area contributed by atoms with E-state index in [1.54, 1.807) is 36.0 Å². The smallest absolute Gasteiger partial charge is 0.303 e. The summed E-state index contributed by atoms with van der Waals surface area (Å²) in [4.78, 5) is 22.7. The number of hydrogen-bond donors (Lipinski definition) is 1. The Morgan fingerprint density at radius 1 is 1.21 bits per heavy atom. The molecule has 1 atom stereocenters. The van der Waals surface area contributed by atoms with Gasteiger partial charge in [-0.3, -0.25) is 9.59 Å². The van der Waals surface area contributed by atoms with E-state index in [0.717, 1.165) is 11.4 Å². The maximum atomic E-state index is 11.7. The SMILES string of the molecule is CCOCC(COc1ccc(NC(=O)CCSC)cc1)OC(C)=O. The minimum absolute atomic E-state index is 0.00958. The molecule has 24 heavy (non-hydrogen) atoms. The van der Waals surface area contributed by atoms with Crippen molar-refractivity contribution in [2.24, 2.45) is 0 Å². The standard InChI is InChI=1S/C17H25NO5S/c1-4-21-11-16(23-13(2)19)12-22-15-7-5-14(6-8-15)18-17(20)9-10-24-3/h5-8,16H,4,9-12H2,1-3H3,(H,18,20). The van der Waals surface area contributed by atoms with Crippen molar-refractivity contribution < 1.29 is 23.8 Å². The third-order valence-electron chi connectivity index (χ3n) is 2.95. The van der Waals surface area contributed by atoms with Crippen LogP contribution in [0.25, 0.3) is 0 Å². The van der Waals surface area contributed by atoms with Crippen molar-refractivity contribution in [1.82, 2.24) is 0 Å². The van der Waals surface area contributed by atoms with Crippen molar-refractivity contribution in [3.8, 4) is 5.75 Å². The molecule has 0 bridgehead atoms. The maximum absolute atomic E-state index is 11.7. The first kappa shape index (κ1) is 20.3. The quantitative estimate of drug-likeness (QED) is 0.615. The molecule has 1 N–H and O–H groups in total. The van der Waals surface area contributed by atoms with E-state index in [1.165, 1.54) is 6.92 Å². The molecule has 1 amide bonds. The first-order valence-electron chi connectivity index (χ1n) is 7.81. The van der Waals surface area contributed by atoms with Crippen molar-refractivity contribution in [1.29, 1.82) is 0 Å². The Kier molecular flexibility index (Phi) is 9.95. The second kappa shape index (κ2) is 11.8. The Balaban J connectivity index is 2.46. The number of anilines is 1. The number of ether oxygens (including phenoxy) is 3. The monoisotopic (exact) mass is 355 g/mol. The highest BCUT2D eigenvalue weighted by Gasteiger charge is 2.13. The Morgan fingerprint density at radius 2 is 1.92 bits per heavy atom. The average molecular weight is 355 g/mol. The van der Waals surface area contributed by atoms with E-state index < -0.39 is 6.10 Å². The molecule has 0 aliphatic heterocycles. The number of nitrogens with one attached hydrogen (secondary N) is 1. The van der Waals surface area contributed by atoms with Gasteiger partial charge in [0.25, 0.3) is 0 Å². The van der Waals surface area contributed by atoms with Crippen LogP contribution >= 0.6 is 11.8 Å². The fourth-order valence-electron chi connectivity index (χ4n) is 1.84. The second-order valence-electron chi connectivity index (χ2n) is 5.02. The van der Waals surface area contributed by atoms with Gasteiger partial charge >= 0.3 is 5.97 Å². The predicted octanol–water partition coefficient (Wildman–Crippen LogP) is 2.73. The number of amides is 1. The molecule has 6 nitrogen and oxygen atoms in total. The van der Waals surface area contributed by atoms with Crippen molar-refractivity contribution >= 4 is 29.3 Å². The van der Waals surface area contributed by atoms with Crippen LogP contribution in [0.5, 0.6) is 5.75 Å². The normalized spacial score (nSPS) is 11.6. The summed E-state index contributed by atoms with van der Waals surface area (Å²) < 4.78 is 16.0. The zero-order chi connectivity index (χ0) is 17.8. The number of rotatable bonds is 11. The number of carbonyl (C=O) groups excluding carboxylic acids is 2. The minimum atomic E-state index is -0.451. The van der Waals surface area contributed by atoms with E-state index in [2.05, 4.69) is 5.32 Å². The lowest BCUT2D eigenvalue weighted by atomic mass is 10.3. The van der Waals surface area contributed by atoms with E-state index in [1.807, 2.05) is 13.2 Å². The molecule has 0 saturated carbocycles. The van der Waals surface area contributed by atoms with E-state index >= 15 is 0 Å². The molecular formula is C17H25NO5S. The first-order valence-corrected chi connectivity index (χ1v) is 9.21. The molecule has 0 fully saturated rings. The molecule has 0 heterocycles. The Hall–Kier alpha value is -1.73. The molecule has 1 rings (SSSR count). The molecular weight excluding hydrogens is 330 g/mol. The van der Waals surface area contributed by atoms with E-state index in [-0.39, 0.29) is 18.5 Å². The van der Waals surface area contributed by atoms with Crippen LogP contribution in [-0.4, -0.2) is 49.8 Å².